The van der Waals surface area contributed by atoms with Crippen molar-refractivity contribution in [3.05, 3.63) is 48.0 Å². The number of nitrogens with zero attached hydrogens (tertiary/aromatic N) is 2. The third kappa shape index (κ3) is 3.01. The summed E-state index contributed by atoms with van der Waals surface area (Å²) in [6, 6.07) is 7.73. The van der Waals surface area contributed by atoms with Crippen molar-refractivity contribution in [2.45, 2.75) is 31.0 Å². The van der Waals surface area contributed by atoms with Gasteiger partial charge in [-0.25, -0.2) is 4.98 Å². The summed E-state index contributed by atoms with van der Waals surface area (Å²) in [5, 5.41) is 0. The summed E-state index contributed by atoms with van der Waals surface area (Å²) >= 11 is 1.70. The minimum Gasteiger partial charge on any atom is -0.335 e. The van der Waals surface area contributed by atoms with Gasteiger partial charge in [-0.2, -0.15) is 0 Å². The molecule has 3 nitrogen and oxygen atoms in total. The van der Waals surface area contributed by atoms with E-state index in [2.05, 4.69) is 16.5 Å². The number of benzene rings is 1. The first-order valence-electron chi connectivity index (χ1n) is 5.94. The fourth-order valence-electron chi connectivity index (χ4n) is 1.72. The highest BCUT2D eigenvalue weighted by Gasteiger charge is 2.04. The van der Waals surface area contributed by atoms with Crippen LogP contribution < -0.4 is 0 Å². The van der Waals surface area contributed by atoms with Crippen LogP contribution in [0.3, 0.4) is 0 Å². The summed E-state index contributed by atoms with van der Waals surface area (Å²) in [4.78, 5) is 16.7. The number of thioether (sulfide) groups is 1. The number of rotatable bonds is 5. The summed E-state index contributed by atoms with van der Waals surface area (Å²) in [5.41, 5.74) is 0.763. The van der Waals surface area contributed by atoms with E-state index in [0.717, 1.165) is 28.6 Å². The molecule has 0 radical (unpaired) electrons. The van der Waals surface area contributed by atoms with E-state index in [1.165, 1.54) is 0 Å². The van der Waals surface area contributed by atoms with Crippen LogP contribution in [0, 0.1) is 0 Å². The smallest absolute Gasteiger partial charge is 0.159 e. The molecule has 0 bridgehead atoms. The number of ketones is 1. The molecule has 18 heavy (non-hydrogen) atoms. The molecule has 1 heterocycles. The third-order valence-electron chi connectivity index (χ3n) is 2.75. The molecule has 1 aromatic carbocycles. The number of imidazole rings is 1. The summed E-state index contributed by atoms with van der Waals surface area (Å²) in [7, 11) is 0. The fraction of sp³-hybridized carbons (Fsp3) is 0.286. The molecule has 0 amide bonds. The lowest BCUT2D eigenvalue weighted by atomic mass is 10.2. The van der Waals surface area contributed by atoms with Gasteiger partial charge in [0.15, 0.2) is 5.78 Å². The minimum absolute atomic E-state index is 0.104. The molecular formula is C14H16N2OS. The molecule has 0 aliphatic rings. The topological polar surface area (TPSA) is 34.9 Å². The van der Waals surface area contributed by atoms with Crippen LogP contribution in [0.25, 0.3) is 0 Å². The first kappa shape index (κ1) is 12.9. The number of carbonyl (C=O) groups excluding carboxylic acids is 1. The molecule has 94 valence electrons. The number of Topliss-reactive ketones (excluding diaryl/α,β-unsaturated/α-hetero) is 1. The maximum Gasteiger partial charge on any atom is 0.159 e. The van der Waals surface area contributed by atoms with Gasteiger partial charge in [0.2, 0.25) is 0 Å². The van der Waals surface area contributed by atoms with E-state index in [0.29, 0.717) is 0 Å². The number of aryl methyl sites for hydroxylation is 1. The number of carbonyl (C=O) groups is 1. The van der Waals surface area contributed by atoms with E-state index < -0.39 is 0 Å². The van der Waals surface area contributed by atoms with Crippen LogP contribution in [0.2, 0.25) is 0 Å². The second-order valence-corrected chi connectivity index (χ2v) is 5.05. The predicted molar refractivity (Wildman–Crippen MR) is 73.9 cm³/mol. The van der Waals surface area contributed by atoms with Gasteiger partial charge in [0.1, 0.15) is 5.82 Å². The molecule has 0 aliphatic heterocycles. The normalized spacial score (nSPS) is 10.6. The van der Waals surface area contributed by atoms with Crippen molar-refractivity contribution in [3.63, 3.8) is 0 Å². The Bertz CT molecular complexity index is 548. The standard InChI is InChI=1S/C14H16N2OS/c1-3-16-8-7-15-14(16)10-18-13-6-4-5-12(9-13)11(2)17/h4-9H,3,10H2,1-2H3. The van der Waals surface area contributed by atoms with Gasteiger partial charge in [-0.1, -0.05) is 12.1 Å². The molecule has 0 aliphatic carbocycles. The quantitative estimate of drug-likeness (QED) is 0.610. The summed E-state index contributed by atoms with van der Waals surface area (Å²) in [6.45, 7) is 4.63. The van der Waals surface area contributed by atoms with Crippen molar-refractivity contribution in [1.29, 1.82) is 0 Å². The van der Waals surface area contributed by atoms with Crippen LogP contribution in [0.4, 0.5) is 0 Å². The summed E-state index contributed by atoms with van der Waals surface area (Å²) in [5.74, 6) is 1.99. The van der Waals surface area contributed by atoms with E-state index >= 15 is 0 Å². The highest BCUT2D eigenvalue weighted by molar-refractivity contribution is 7.98. The highest BCUT2D eigenvalue weighted by Crippen LogP contribution is 2.23. The van der Waals surface area contributed by atoms with Gasteiger partial charge in [0.05, 0.1) is 5.75 Å². The second-order valence-electron chi connectivity index (χ2n) is 4.00. The van der Waals surface area contributed by atoms with Gasteiger partial charge in [0.25, 0.3) is 0 Å². The van der Waals surface area contributed by atoms with Gasteiger partial charge < -0.3 is 4.57 Å². The Morgan fingerprint density at radius 1 is 1.44 bits per heavy atom. The Labute approximate surface area is 111 Å². The molecule has 0 spiro atoms. The molecule has 1 aromatic heterocycles. The average molecular weight is 260 g/mol. The van der Waals surface area contributed by atoms with E-state index in [-0.39, 0.29) is 5.78 Å². The molecule has 0 unspecified atom stereocenters. The fourth-order valence-corrected chi connectivity index (χ4v) is 2.64. The lowest BCUT2D eigenvalue weighted by Crippen LogP contribution is -1.99. The van der Waals surface area contributed by atoms with Gasteiger partial charge in [-0.3, -0.25) is 4.79 Å². The van der Waals surface area contributed by atoms with Crippen LogP contribution in [0.1, 0.15) is 30.0 Å². The molecule has 0 N–H and O–H groups in total. The lowest BCUT2D eigenvalue weighted by molar-refractivity contribution is 0.101. The van der Waals surface area contributed by atoms with Gasteiger partial charge in [-0.05, 0) is 26.0 Å². The molecule has 4 heteroatoms. The zero-order valence-electron chi connectivity index (χ0n) is 10.6. The molecule has 2 aromatic rings. The Hall–Kier alpha value is -1.55. The van der Waals surface area contributed by atoms with E-state index in [1.807, 2.05) is 36.7 Å². The number of hydrogen-bond donors (Lipinski definition) is 0. The SMILES string of the molecule is CCn1ccnc1CSc1cccc(C(C)=O)c1. The van der Waals surface area contributed by atoms with Crippen LogP contribution in [-0.4, -0.2) is 15.3 Å². The second kappa shape index (κ2) is 5.87. The Morgan fingerprint density at radius 2 is 2.28 bits per heavy atom. The maximum atomic E-state index is 11.3. The van der Waals surface area contributed by atoms with Crippen molar-refractivity contribution in [3.8, 4) is 0 Å². The van der Waals surface area contributed by atoms with Gasteiger partial charge in [0, 0.05) is 29.4 Å². The molecule has 0 saturated heterocycles. The Kier molecular flexibility index (Phi) is 4.20. The predicted octanol–water partition coefficient (Wildman–Crippen LogP) is 3.40. The van der Waals surface area contributed by atoms with Crippen LogP contribution in [-0.2, 0) is 12.3 Å². The van der Waals surface area contributed by atoms with Crippen LogP contribution in [0.5, 0.6) is 0 Å². The zero-order chi connectivity index (χ0) is 13.0. The van der Waals surface area contributed by atoms with Gasteiger partial charge in [-0.15, -0.1) is 11.8 Å². The third-order valence-corrected chi connectivity index (χ3v) is 3.74. The molecule has 0 fully saturated rings. The van der Waals surface area contributed by atoms with Crippen molar-refractivity contribution in [2.75, 3.05) is 0 Å². The van der Waals surface area contributed by atoms with Crippen LogP contribution >= 0.6 is 11.8 Å². The van der Waals surface area contributed by atoms with E-state index in [9.17, 15) is 4.79 Å². The lowest BCUT2D eigenvalue weighted by Gasteiger charge is -2.05. The first-order chi connectivity index (χ1) is 8.70. The van der Waals surface area contributed by atoms with E-state index in [1.54, 1.807) is 18.7 Å². The number of aromatic nitrogens is 2. The Morgan fingerprint density at radius 3 is 3.00 bits per heavy atom. The first-order valence-corrected chi connectivity index (χ1v) is 6.93. The highest BCUT2D eigenvalue weighted by atomic mass is 32.2. The number of hydrogen-bond acceptors (Lipinski definition) is 3. The summed E-state index contributed by atoms with van der Waals surface area (Å²) < 4.78 is 2.13. The van der Waals surface area contributed by atoms with Crippen molar-refractivity contribution in [2.24, 2.45) is 0 Å². The van der Waals surface area contributed by atoms with E-state index in [4.69, 9.17) is 0 Å². The maximum absolute atomic E-state index is 11.3. The zero-order valence-corrected chi connectivity index (χ0v) is 11.4. The van der Waals surface area contributed by atoms with Crippen molar-refractivity contribution < 1.29 is 4.79 Å². The molecule has 0 atom stereocenters. The summed E-state index contributed by atoms with van der Waals surface area (Å²) in [6.07, 6.45) is 3.81. The Balaban J connectivity index is 2.06. The minimum atomic E-state index is 0.104. The van der Waals surface area contributed by atoms with Crippen molar-refractivity contribution in [1.82, 2.24) is 9.55 Å². The van der Waals surface area contributed by atoms with Crippen molar-refractivity contribution >= 4 is 17.5 Å². The van der Waals surface area contributed by atoms with Crippen LogP contribution in [0.15, 0.2) is 41.6 Å². The average Bonchev–Trinajstić information content (AvgIpc) is 2.84. The molecule has 2 rings (SSSR count). The molecular weight excluding hydrogens is 244 g/mol. The monoisotopic (exact) mass is 260 g/mol. The van der Waals surface area contributed by atoms with Gasteiger partial charge >= 0.3 is 0 Å². The largest absolute Gasteiger partial charge is 0.335 e. The molecule has 0 saturated carbocycles.